The molecule has 0 bridgehead atoms. The molecule has 1 unspecified atom stereocenters. The van der Waals surface area contributed by atoms with E-state index in [4.69, 9.17) is 30.5 Å². The summed E-state index contributed by atoms with van der Waals surface area (Å²) in [5.41, 5.74) is 1.42. The zero-order chi connectivity index (χ0) is 27.4. The summed E-state index contributed by atoms with van der Waals surface area (Å²) in [6.07, 6.45) is 7.52. The highest BCUT2D eigenvalue weighted by atomic mass is 35.5. The molecular formula is C27H39ClN4O5. The van der Waals surface area contributed by atoms with Gasteiger partial charge in [0.1, 0.15) is 29.4 Å². The first-order valence-corrected chi connectivity index (χ1v) is 12.8. The van der Waals surface area contributed by atoms with E-state index >= 15 is 0 Å². The lowest BCUT2D eigenvalue weighted by Crippen LogP contribution is -2.45. The summed E-state index contributed by atoms with van der Waals surface area (Å²) in [4.78, 5) is 17.1. The average Bonchev–Trinajstić information content (AvgIpc) is 2.85. The van der Waals surface area contributed by atoms with E-state index in [0.717, 1.165) is 12.8 Å². The van der Waals surface area contributed by atoms with Gasteiger partial charge in [-0.25, -0.2) is 4.98 Å². The molecule has 9 nitrogen and oxygen atoms in total. The molecule has 1 aromatic heterocycles. The van der Waals surface area contributed by atoms with Gasteiger partial charge in [0.2, 0.25) is 5.90 Å². The van der Waals surface area contributed by atoms with Crippen LogP contribution in [0.2, 0.25) is 5.15 Å². The van der Waals surface area contributed by atoms with Crippen LogP contribution in [0.15, 0.2) is 40.2 Å². The fraction of sp³-hybridized carbons (Fsp3) is 0.556. The molecule has 1 atom stereocenters. The number of pyridine rings is 1. The molecule has 204 valence electrons. The summed E-state index contributed by atoms with van der Waals surface area (Å²) in [6.45, 7) is 12.7. The number of hydrogen-bond donors (Lipinski definition) is 1. The highest BCUT2D eigenvalue weighted by Gasteiger charge is 2.30. The van der Waals surface area contributed by atoms with Gasteiger partial charge in [-0.05, 0) is 52.7 Å². The Hall–Kier alpha value is -2.75. The van der Waals surface area contributed by atoms with Gasteiger partial charge in [-0.15, -0.1) is 10.2 Å². The third-order valence-corrected chi connectivity index (χ3v) is 5.65. The molecule has 1 aliphatic rings. The van der Waals surface area contributed by atoms with Crippen LogP contribution in [0.25, 0.3) is 5.57 Å². The van der Waals surface area contributed by atoms with Crippen LogP contribution in [0.4, 0.5) is 0 Å². The number of ether oxygens (including phenoxy) is 4. The fourth-order valence-electron chi connectivity index (χ4n) is 3.62. The Bertz CT molecular complexity index is 1050. The SMILES string of the molecule is C/C=C/C(=C(\C)C(=O)N/C(C)=N/N=C(\CCCC)OCC1COCC(C)(C)O1)c1cc(Cl)ncc1OC. The van der Waals surface area contributed by atoms with Crippen molar-refractivity contribution in [2.45, 2.75) is 72.5 Å². The maximum absolute atomic E-state index is 13.1. The smallest absolute Gasteiger partial charge is 0.252 e. The van der Waals surface area contributed by atoms with Crippen molar-refractivity contribution in [3.63, 3.8) is 0 Å². The maximum atomic E-state index is 13.1. The Morgan fingerprint density at radius 1 is 1.35 bits per heavy atom. The number of rotatable bonds is 10. The summed E-state index contributed by atoms with van der Waals surface area (Å²) in [5, 5.41) is 11.6. The minimum absolute atomic E-state index is 0.183. The lowest BCUT2D eigenvalue weighted by atomic mass is 9.99. The van der Waals surface area contributed by atoms with Gasteiger partial charge in [-0.1, -0.05) is 37.1 Å². The van der Waals surface area contributed by atoms with Crippen molar-refractivity contribution >= 4 is 34.8 Å². The van der Waals surface area contributed by atoms with Gasteiger partial charge in [-0.2, -0.15) is 0 Å². The fourth-order valence-corrected chi connectivity index (χ4v) is 3.77. The minimum atomic E-state index is -0.352. The van der Waals surface area contributed by atoms with E-state index in [0.29, 0.717) is 65.6 Å². The molecule has 10 heteroatoms. The monoisotopic (exact) mass is 534 g/mol. The average molecular weight is 535 g/mol. The normalized spacial score (nSPS) is 19.0. The van der Waals surface area contributed by atoms with Gasteiger partial charge < -0.3 is 24.3 Å². The first-order chi connectivity index (χ1) is 17.6. The molecule has 0 aromatic carbocycles. The standard InChI is InChI=1S/C27H39ClN4O5/c1-8-10-12-25(36-16-20-15-35-17-27(5,6)37-20)32-31-19(4)30-26(33)18(3)21(11-9-2)22-13-24(28)29-14-23(22)34-7/h9,11,13-14,20H,8,10,12,15-17H2,1-7H3,(H,30,31,33)/b11-9+,21-18-,32-25+. The summed E-state index contributed by atoms with van der Waals surface area (Å²) in [7, 11) is 1.54. The number of unbranched alkanes of at least 4 members (excludes halogenated alkanes) is 1. The summed E-state index contributed by atoms with van der Waals surface area (Å²) < 4.78 is 23.0. The molecule has 0 spiro atoms. The van der Waals surface area contributed by atoms with Gasteiger partial charge in [0.25, 0.3) is 5.91 Å². The molecule has 0 radical (unpaired) electrons. The second kappa shape index (κ2) is 14.9. The van der Waals surface area contributed by atoms with Gasteiger partial charge in [-0.3, -0.25) is 4.79 Å². The van der Waals surface area contributed by atoms with E-state index in [1.165, 1.54) is 6.20 Å². The first kappa shape index (κ1) is 30.5. The number of amidine groups is 1. The molecule has 1 saturated heterocycles. The molecule has 37 heavy (non-hydrogen) atoms. The largest absolute Gasteiger partial charge is 0.494 e. The van der Waals surface area contributed by atoms with E-state index in [1.54, 1.807) is 27.0 Å². The first-order valence-electron chi connectivity index (χ1n) is 12.4. The van der Waals surface area contributed by atoms with Crippen molar-refractivity contribution in [3.05, 3.63) is 40.7 Å². The Morgan fingerprint density at radius 3 is 2.76 bits per heavy atom. The van der Waals surface area contributed by atoms with Crippen LogP contribution in [0.5, 0.6) is 5.75 Å². The number of amides is 1. The van der Waals surface area contributed by atoms with Crippen LogP contribution in [0.1, 0.15) is 66.4 Å². The molecule has 1 aromatic rings. The van der Waals surface area contributed by atoms with Crippen LogP contribution in [-0.4, -0.2) is 61.3 Å². The van der Waals surface area contributed by atoms with Crippen molar-refractivity contribution in [2.24, 2.45) is 10.2 Å². The maximum Gasteiger partial charge on any atom is 0.252 e. The molecule has 1 N–H and O–H groups in total. The second-order valence-electron chi connectivity index (χ2n) is 9.31. The van der Waals surface area contributed by atoms with Crippen molar-refractivity contribution in [1.82, 2.24) is 10.3 Å². The van der Waals surface area contributed by atoms with Gasteiger partial charge in [0.05, 0.1) is 32.1 Å². The second-order valence-corrected chi connectivity index (χ2v) is 9.70. The van der Waals surface area contributed by atoms with Crippen LogP contribution in [-0.2, 0) is 19.0 Å². The van der Waals surface area contributed by atoms with Gasteiger partial charge in [0.15, 0.2) is 0 Å². The third-order valence-electron chi connectivity index (χ3n) is 5.45. The predicted octanol–water partition coefficient (Wildman–Crippen LogP) is 5.34. The van der Waals surface area contributed by atoms with Crippen molar-refractivity contribution in [3.8, 4) is 5.75 Å². The number of methoxy groups -OCH3 is 1. The Balaban J connectivity index is 2.18. The number of allylic oxidation sites excluding steroid dienone is 3. The molecule has 0 aliphatic carbocycles. The molecule has 1 aliphatic heterocycles. The number of nitrogens with zero attached hydrogens (tertiary/aromatic N) is 3. The van der Waals surface area contributed by atoms with E-state index in [2.05, 4.69) is 27.4 Å². The van der Waals surface area contributed by atoms with Crippen LogP contribution in [0, 0.1) is 0 Å². The Morgan fingerprint density at radius 2 is 2.11 bits per heavy atom. The lowest BCUT2D eigenvalue weighted by Gasteiger charge is -2.35. The van der Waals surface area contributed by atoms with Crippen molar-refractivity contribution in [1.29, 1.82) is 0 Å². The lowest BCUT2D eigenvalue weighted by molar-refractivity contribution is -0.190. The van der Waals surface area contributed by atoms with Crippen molar-refractivity contribution in [2.75, 3.05) is 26.9 Å². The van der Waals surface area contributed by atoms with Gasteiger partial charge in [0, 0.05) is 17.6 Å². The topological polar surface area (TPSA) is 104 Å². The van der Waals surface area contributed by atoms with E-state index < -0.39 is 0 Å². The minimum Gasteiger partial charge on any atom is -0.494 e. The Kier molecular flexibility index (Phi) is 12.2. The number of nitrogens with one attached hydrogen (secondary N) is 1. The van der Waals surface area contributed by atoms with Crippen LogP contribution < -0.4 is 10.1 Å². The molecule has 2 rings (SSSR count). The van der Waals surface area contributed by atoms with Gasteiger partial charge >= 0.3 is 0 Å². The highest BCUT2D eigenvalue weighted by molar-refractivity contribution is 6.29. The highest BCUT2D eigenvalue weighted by Crippen LogP contribution is 2.30. The number of aromatic nitrogens is 1. The molecule has 1 amide bonds. The molecule has 0 saturated carbocycles. The molecular weight excluding hydrogens is 496 g/mol. The number of halogens is 1. The summed E-state index contributed by atoms with van der Waals surface area (Å²) in [6, 6.07) is 1.66. The summed E-state index contributed by atoms with van der Waals surface area (Å²) >= 11 is 6.11. The Labute approximate surface area is 225 Å². The molecule has 1 fully saturated rings. The number of carbonyl (C=O) groups is 1. The van der Waals surface area contributed by atoms with E-state index in [9.17, 15) is 4.79 Å². The molecule has 2 heterocycles. The number of hydrogen-bond acceptors (Lipinski definition) is 8. The predicted molar refractivity (Wildman–Crippen MR) is 147 cm³/mol. The van der Waals surface area contributed by atoms with E-state index in [1.807, 2.05) is 32.9 Å². The number of carbonyl (C=O) groups excluding carboxylic acids is 1. The third kappa shape index (κ3) is 9.91. The zero-order valence-electron chi connectivity index (χ0n) is 22.9. The van der Waals surface area contributed by atoms with E-state index in [-0.39, 0.29) is 17.6 Å². The van der Waals surface area contributed by atoms with Crippen molar-refractivity contribution < 1.29 is 23.7 Å². The quantitative estimate of drug-likeness (QED) is 0.108. The summed E-state index contributed by atoms with van der Waals surface area (Å²) in [5.74, 6) is 0.999. The van der Waals surface area contributed by atoms with Crippen LogP contribution in [0.3, 0.4) is 0 Å². The van der Waals surface area contributed by atoms with Crippen LogP contribution >= 0.6 is 11.6 Å². The zero-order valence-corrected chi connectivity index (χ0v) is 23.6.